The van der Waals surface area contributed by atoms with Gasteiger partial charge < -0.3 is 9.80 Å². The third-order valence-corrected chi connectivity index (χ3v) is 4.55. The molecule has 0 atom stereocenters. The molecule has 0 spiro atoms. The van der Waals surface area contributed by atoms with Gasteiger partial charge in [-0.15, -0.1) is 0 Å². The average Bonchev–Trinajstić information content (AvgIpc) is 3.11. The van der Waals surface area contributed by atoms with Gasteiger partial charge in [-0.05, 0) is 30.5 Å². The molecule has 1 aromatic carbocycles. The molecule has 0 aliphatic carbocycles. The van der Waals surface area contributed by atoms with E-state index in [4.69, 9.17) is 4.99 Å². The number of benzene rings is 1. The molecular weight excluding hydrogens is 300 g/mol. The summed E-state index contributed by atoms with van der Waals surface area (Å²) < 4.78 is 0. The summed E-state index contributed by atoms with van der Waals surface area (Å²) in [6.45, 7) is 3.14. The van der Waals surface area contributed by atoms with Crippen LogP contribution in [0, 0.1) is 0 Å². The van der Waals surface area contributed by atoms with Gasteiger partial charge in [-0.25, -0.2) is 9.98 Å². The Kier molecular flexibility index (Phi) is 3.99. The largest absolute Gasteiger partial charge is 0.359 e. The highest BCUT2D eigenvalue weighted by molar-refractivity contribution is 6.03. The van der Waals surface area contributed by atoms with E-state index in [1.807, 2.05) is 47.4 Å². The van der Waals surface area contributed by atoms with Crippen LogP contribution < -0.4 is 0 Å². The predicted octanol–water partition coefficient (Wildman–Crippen LogP) is 2.86. The first kappa shape index (κ1) is 14.9. The molecule has 5 heteroatoms. The minimum atomic E-state index is -0.0487. The summed E-state index contributed by atoms with van der Waals surface area (Å²) in [7, 11) is 0. The van der Waals surface area contributed by atoms with Crippen molar-refractivity contribution in [3.8, 4) is 0 Å². The van der Waals surface area contributed by atoms with Crippen molar-refractivity contribution >= 4 is 17.4 Å². The van der Waals surface area contributed by atoms with Crippen LogP contribution in [0.1, 0.15) is 28.9 Å². The van der Waals surface area contributed by atoms with Gasteiger partial charge in [-0.3, -0.25) is 4.79 Å². The van der Waals surface area contributed by atoms with E-state index < -0.39 is 0 Å². The second-order valence-electron chi connectivity index (χ2n) is 6.24. The Hall–Kier alpha value is -2.69. The van der Waals surface area contributed by atoms with Gasteiger partial charge in [0.1, 0.15) is 5.84 Å². The van der Waals surface area contributed by atoms with Crippen molar-refractivity contribution in [3.05, 3.63) is 59.9 Å². The number of pyridine rings is 1. The van der Waals surface area contributed by atoms with E-state index in [1.54, 1.807) is 6.20 Å². The zero-order valence-corrected chi connectivity index (χ0v) is 13.6. The van der Waals surface area contributed by atoms with Crippen LogP contribution >= 0.6 is 0 Å². The lowest BCUT2D eigenvalue weighted by Crippen LogP contribution is -2.40. The van der Waals surface area contributed by atoms with Gasteiger partial charge in [-0.2, -0.15) is 0 Å². The molecule has 2 aliphatic rings. The topological polar surface area (TPSA) is 48.8 Å². The fraction of sp³-hybridized carbons (Fsp3) is 0.316. The van der Waals surface area contributed by atoms with Gasteiger partial charge in [0.25, 0.3) is 5.91 Å². The van der Waals surface area contributed by atoms with Crippen molar-refractivity contribution in [1.82, 2.24) is 14.8 Å². The van der Waals surface area contributed by atoms with Crippen molar-refractivity contribution in [1.29, 1.82) is 0 Å². The van der Waals surface area contributed by atoms with Crippen molar-refractivity contribution in [2.75, 3.05) is 19.6 Å². The van der Waals surface area contributed by atoms with Crippen LogP contribution in [0.3, 0.4) is 0 Å². The number of hydrogen-bond acceptors (Lipinski definition) is 4. The monoisotopic (exact) mass is 320 g/mol. The van der Waals surface area contributed by atoms with E-state index in [2.05, 4.69) is 9.88 Å². The lowest BCUT2D eigenvalue weighted by molar-refractivity contribution is 0.0762. The summed E-state index contributed by atoms with van der Waals surface area (Å²) in [5, 5.41) is 0. The molecule has 0 radical (unpaired) electrons. The number of amidine groups is 1. The zero-order chi connectivity index (χ0) is 16.4. The molecule has 0 saturated carbocycles. The Morgan fingerprint density at radius 2 is 1.79 bits per heavy atom. The molecular formula is C19H20N4O. The van der Waals surface area contributed by atoms with Gasteiger partial charge in [0, 0.05) is 25.8 Å². The second kappa shape index (κ2) is 6.43. The van der Waals surface area contributed by atoms with Gasteiger partial charge in [0.2, 0.25) is 0 Å². The molecule has 122 valence electrons. The first-order chi connectivity index (χ1) is 11.8. The number of amides is 1. The number of rotatable bonds is 2. The molecule has 2 aromatic rings. The number of aromatic nitrogens is 1. The number of likely N-dealkylation sites (tertiary alicyclic amines) is 1. The highest BCUT2D eigenvalue weighted by atomic mass is 16.2. The third kappa shape index (κ3) is 2.89. The van der Waals surface area contributed by atoms with E-state index in [1.165, 1.54) is 12.8 Å². The van der Waals surface area contributed by atoms with Crippen LogP contribution in [-0.4, -0.2) is 46.2 Å². The van der Waals surface area contributed by atoms with E-state index in [0.29, 0.717) is 24.5 Å². The SMILES string of the molecule is O=C1c2ncccc2N=C(N2CCCC2)CN1Cc1ccccc1. The Bertz CT molecular complexity index is 766. The van der Waals surface area contributed by atoms with Crippen LogP contribution in [0.25, 0.3) is 0 Å². The van der Waals surface area contributed by atoms with Crippen LogP contribution in [-0.2, 0) is 6.54 Å². The van der Waals surface area contributed by atoms with Crippen LogP contribution in [0.2, 0.25) is 0 Å². The van der Waals surface area contributed by atoms with Crippen LogP contribution in [0.5, 0.6) is 0 Å². The van der Waals surface area contributed by atoms with E-state index >= 15 is 0 Å². The Labute approximate surface area is 141 Å². The number of carbonyl (C=O) groups excluding carboxylic acids is 1. The van der Waals surface area contributed by atoms with Gasteiger partial charge >= 0.3 is 0 Å². The molecule has 0 N–H and O–H groups in total. The smallest absolute Gasteiger partial charge is 0.275 e. The molecule has 1 saturated heterocycles. The first-order valence-corrected chi connectivity index (χ1v) is 8.42. The maximum Gasteiger partial charge on any atom is 0.275 e. The second-order valence-corrected chi connectivity index (χ2v) is 6.24. The number of carbonyl (C=O) groups is 1. The molecule has 0 unspecified atom stereocenters. The minimum Gasteiger partial charge on any atom is -0.359 e. The highest BCUT2D eigenvalue weighted by Gasteiger charge is 2.28. The fourth-order valence-corrected chi connectivity index (χ4v) is 3.30. The molecule has 2 aliphatic heterocycles. The van der Waals surface area contributed by atoms with Crippen molar-refractivity contribution in [2.45, 2.75) is 19.4 Å². The average molecular weight is 320 g/mol. The van der Waals surface area contributed by atoms with E-state index in [9.17, 15) is 4.79 Å². The molecule has 5 nitrogen and oxygen atoms in total. The summed E-state index contributed by atoms with van der Waals surface area (Å²) in [5.41, 5.74) is 2.24. The van der Waals surface area contributed by atoms with Crippen LogP contribution in [0.15, 0.2) is 53.7 Å². The Morgan fingerprint density at radius 1 is 1.00 bits per heavy atom. The van der Waals surface area contributed by atoms with Gasteiger partial charge in [0.15, 0.2) is 5.69 Å². The molecule has 1 aromatic heterocycles. The molecule has 4 rings (SSSR count). The predicted molar refractivity (Wildman–Crippen MR) is 93.3 cm³/mol. The molecule has 1 fully saturated rings. The summed E-state index contributed by atoms with van der Waals surface area (Å²) in [6, 6.07) is 13.8. The molecule has 3 heterocycles. The lowest BCUT2D eigenvalue weighted by Gasteiger charge is -2.25. The summed E-state index contributed by atoms with van der Waals surface area (Å²) >= 11 is 0. The highest BCUT2D eigenvalue weighted by Crippen LogP contribution is 2.24. The number of fused-ring (bicyclic) bond motifs is 1. The van der Waals surface area contributed by atoms with Gasteiger partial charge in [-0.1, -0.05) is 30.3 Å². The van der Waals surface area contributed by atoms with Gasteiger partial charge in [0.05, 0.1) is 12.2 Å². The maximum absolute atomic E-state index is 13.0. The maximum atomic E-state index is 13.0. The standard InChI is InChI=1S/C19H20N4O/c24-19-18-16(9-6-10-20-18)21-17(22-11-4-5-12-22)14-23(19)13-15-7-2-1-3-8-15/h1-3,6-10H,4-5,11-14H2. The summed E-state index contributed by atoms with van der Waals surface area (Å²) in [6.07, 6.45) is 4.03. The zero-order valence-electron chi connectivity index (χ0n) is 13.6. The van der Waals surface area contributed by atoms with E-state index in [0.717, 1.165) is 24.5 Å². The summed E-state index contributed by atoms with van der Waals surface area (Å²) in [4.78, 5) is 26.2. The van der Waals surface area contributed by atoms with Crippen LogP contribution in [0.4, 0.5) is 5.69 Å². The molecule has 24 heavy (non-hydrogen) atoms. The lowest BCUT2D eigenvalue weighted by atomic mass is 10.2. The third-order valence-electron chi connectivity index (χ3n) is 4.55. The van der Waals surface area contributed by atoms with Crippen molar-refractivity contribution in [3.63, 3.8) is 0 Å². The number of hydrogen-bond donors (Lipinski definition) is 0. The normalized spacial score (nSPS) is 17.5. The molecule has 1 amide bonds. The van der Waals surface area contributed by atoms with Crippen molar-refractivity contribution in [2.24, 2.45) is 4.99 Å². The number of nitrogens with zero attached hydrogens (tertiary/aromatic N) is 4. The van der Waals surface area contributed by atoms with Crippen molar-refractivity contribution < 1.29 is 4.79 Å². The molecule has 0 bridgehead atoms. The quantitative estimate of drug-likeness (QED) is 0.855. The summed E-state index contributed by atoms with van der Waals surface area (Å²) in [5.74, 6) is 0.927. The Morgan fingerprint density at radius 3 is 2.58 bits per heavy atom. The fourth-order valence-electron chi connectivity index (χ4n) is 3.30. The number of aliphatic imine (C=N–C) groups is 1. The minimum absolute atomic E-state index is 0.0487. The Balaban J connectivity index is 1.70. The first-order valence-electron chi connectivity index (χ1n) is 8.42. The van der Waals surface area contributed by atoms with E-state index in [-0.39, 0.29) is 5.91 Å².